The Morgan fingerprint density at radius 1 is 0.933 bits per heavy atom. The molecule has 0 saturated carbocycles. The lowest BCUT2D eigenvalue weighted by atomic mass is 10.1. The number of nitrogens with one attached hydrogen (secondary N) is 1. The van der Waals surface area contributed by atoms with E-state index in [1.807, 2.05) is 60.7 Å². The van der Waals surface area contributed by atoms with Crippen molar-refractivity contribution in [1.29, 1.82) is 0 Å². The van der Waals surface area contributed by atoms with Crippen LogP contribution in [0.25, 0.3) is 0 Å². The fraction of sp³-hybridized carbons (Fsp3) is 0.0833. The molecule has 1 heterocycles. The zero-order valence-electron chi connectivity index (χ0n) is 16.6. The average molecular weight is 395 g/mol. The van der Waals surface area contributed by atoms with Gasteiger partial charge in [0.15, 0.2) is 11.6 Å². The number of nitrogens with zero attached hydrogens (tertiary/aromatic N) is 4. The maximum absolute atomic E-state index is 11.6. The molecule has 4 aromatic rings. The van der Waals surface area contributed by atoms with E-state index in [0.29, 0.717) is 23.9 Å². The Hall–Kier alpha value is -4.06. The molecule has 0 saturated heterocycles. The molecule has 0 amide bonds. The normalized spacial score (nSPS) is 10.4. The van der Waals surface area contributed by atoms with Crippen molar-refractivity contribution >= 4 is 28.9 Å². The largest absolute Gasteiger partial charge is 0.323 e. The highest BCUT2D eigenvalue weighted by Gasteiger charge is 2.13. The lowest BCUT2D eigenvalue weighted by Crippen LogP contribution is -2.18. The topological polar surface area (TPSA) is 71.0 Å². The van der Waals surface area contributed by atoms with Gasteiger partial charge in [-0.15, -0.1) is 5.10 Å². The van der Waals surface area contributed by atoms with Gasteiger partial charge in [-0.3, -0.25) is 4.79 Å². The number of benzene rings is 3. The second kappa shape index (κ2) is 8.96. The summed E-state index contributed by atoms with van der Waals surface area (Å²) in [5.41, 5.74) is 3.52. The van der Waals surface area contributed by atoms with Gasteiger partial charge in [0.1, 0.15) is 0 Å². The Morgan fingerprint density at radius 3 is 2.40 bits per heavy atom. The van der Waals surface area contributed by atoms with E-state index in [9.17, 15) is 4.79 Å². The third-order valence-electron chi connectivity index (χ3n) is 4.60. The standard InChI is InChI=1S/C24H21N5O/c1-18(30)20-11-8-12-21(15-20)26-24-27-23(16-25-28-24)29(22-13-6-3-7-14-22)17-19-9-4-2-5-10-19/h2-16H,17H2,1H3,(H,26,27,28). The van der Waals surface area contributed by atoms with Gasteiger partial charge in [0.05, 0.1) is 6.20 Å². The van der Waals surface area contributed by atoms with Crippen molar-refractivity contribution in [2.45, 2.75) is 13.5 Å². The highest BCUT2D eigenvalue weighted by atomic mass is 16.1. The van der Waals surface area contributed by atoms with Gasteiger partial charge in [-0.25, -0.2) is 0 Å². The number of hydrogen-bond donors (Lipinski definition) is 1. The maximum atomic E-state index is 11.6. The van der Waals surface area contributed by atoms with Gasteiger partial charge < -0.3 is 10.2 Å². The molecule has 1 aromatic heterocycles. The van der Waals surface area contributed by atoms with Crippen LogP contribution in [0.15, 0.2) is 91.1 Å². The summed E-state index contributed by atoms with van der Waals surface area (Å²) in [6, 6.07) is 27.5. The van der Waals surface area contributed by atoms with Gasteiger partial charge >= 0.3 is 0 Å². The van der Waals surface area contributed by atoms with E-state index in [-0.39, 0.29) is 5.78 Å². The van der Waals surface area contributed by atoms with Gasteiger partial charge in [-0.1, -0.05) is 60.7 Å². The number of aromatic nitrogens is 3. The van der Waals surface area contributed by atoms with Crippen molar-refractivity contribution in [3.05, 3.63) is 102 Å². The first-order chi connectivity index (χ1) is 14.7. The highest BCUT2D eigenvalue weighted by Crippen LogP contribution is 2.26. The van der Waals surface area contributed by atoms with E-state index in [1.54, 1.807) is 25.3 Å². The van der Waals surface area contributed by atoms with Crippen molar-refractivity contribution in [3.8, 4) is 0 Å². The van der Waals surface area contributed by atoms with Gasteiger partial charge in [0, 0.05) is 23.5 Å². The Labute approximate surface area is 175 Å². The van der Waals surface area contributed by atoms with Crippen LogP contribution < -0.4 is 10.2 Å². The third-order valence-corrected chi connectivity index (χ3v) is 4.60. The fourth-order valence-electron chi connectivity index (χ4n) is 3.10. The number of carbonyl (C=O) groups is 1. The van der Waals surface area contributed by atoms with Gasteiger partial charge in [-0.2, -0.15) is 10.1 Å². The van der Waals surface area contributed by atoms with Crippen LogP contribution in [0.5, 0.6) is 0 Å². The smallest absolute Gasteiger partial charge is 0.249 e. The zero-order chi connectivity index (χ0) is 20.8. The van der Waals surface area contributed by atoms with E-state index in [0.717, 1.165) is 16.9 Å². The first-order valence-corrected chi connectivity index (χ1v) is 9.63. The van der Waals surface area contributed by atoms with E-state index >= 15 is 0 Å². The molecule has 0 aliphatic rings. The van der Waals surface area contributed by atoms with Crippen molar-refractivity contribution in [2.24, 2.45) is 0 Å². The van der Waals surface area contributed by atoms with Crippen LogP contribution in [0.2, 0.25) is 0 Å². The molecule has 0 radical (unpaired) electrons. The minimum atomic E-state index is 0.00422. The molecule has 0 aliphatic heterocycles. The molecular weight excluding hydrogens is 374 g/mol. The van der Waals surface area contributed by atoms with Crippen molar-refractivity contribution in [3.63, 3.8) is 0 Å². The zero-order valence-corrected chi connectivity index (χ0v) is 16.6. The molecule has 148 valence electrons. The fourth-order valence-corrected chi connectivity index (χ4v) is 3.10. The number of carbonyl (C=O) groups excluding carboxylic acids is 1. The number of hydrogen-bond acceptors (Lipinski definition) is 6. The van der Waals surface area contributed by atoms with E-state index in [4.69, 9.17) is 0 Å². The van der Waals surface area contributed by atoms with E-state index in [1.165, 1.54) is 0 Å². The predicted molar refractivity (Wildman–Crippen MR) is 118 cm³/mol. The van der Waals surface area contributed by atoms with Crippen LogP contribution in [-0.4, -0.2) is 21.0 Å². The maximum Gasteiger partial charge on any atom is 0.249 e. The molecular formula is C24H21N5O. The Balaban J connectivity index is 1.65. The van der Waals surface area contributed by atoms with Crippen molar-refractivity contribution in [2.75, 3.05) is 10.2 Å². The molecule has 6 nitrogen and oxygen atoms in total. The predicted octanol–water partition coefficient (Wildman–Crippen LogP) is 5.16. The van der Waals surface area contributed by atoms with Crippen molar-refractivity contribution in [1.82, 2.24) is 15.2 Å². The number of anilines is 4. The summed E-state index contributed by atoms with van der Waals surface area (Å²) < 4.78 is 0. The van der Waals surface area contributed by atoms with Crippen LogP contribution in [0.3, 0.4) is 0 Å². The highest BCUT2D eigenvalue weighted by molar-refractivity contribution is 5.95. The molecule has 1 N–H and O–H groups in total. The number of rotatable bonds is 7. The minimum absolute atomic E-state index is 0.00422. The summed E-state index contributed by atoms with van der Waals surface area (Å²) in [5, 5.41) is 11.4. The molecule has 0 bridgehead atoms. The summed E-state index contributed by atoms with van der Waals surface area (Å²) in [6.07, 6.45) is 1.65. The quantitative estimate of drug-likeness (QED) is 0.436. The van der Waals surface area contributed by atoms with E-state index in [2.05, 4.69) is 37.5 Å². The summed E-state index contributed by atoms with van der Waals surface area (Å²) in [5.74, 6) is 1.04. The average Bonchev–Trinajstić information content (AvgIpc) is 2.79. The first-order valence-electron chi connectivity index (χ1n) is 9.63. The summed E-state index contributed by atoms with van der Waals surface area (Å²) in [6.45, 7) is 2.18. The van der Waals surface area contributed by atoms with Crippen molar-refractivity contribution < 1.29 is 4.79 Å². The summed E-state index contributed by atoms with van der Waals surface area (Å²) >= 11 is 0. The lowest BCUT2D eigenvalue weighted by molar-refractivity contribution is 0.101. The third kappa shape index (κ3) is 4.67. The Kier molecular flexibility index (Phi) is 5.75. The minimum Gasteiger partial charge on any atom is -0.323 e. The second-order valence-electron chi connectivity index (χ2n) is 6.81. The Morgan fingerprint density at radius 2 is 1.67 bits per heavy atom. The van der Waals surface area contributed by atoms with Crippen LogP contribution in [0.4, 0.5) is 23.1 Å². The molecule has 0 fully saturated rings. The molecule has 0 atom stereocenters. The van der Waals surface area contributed by atoms with Crippen LogP contribution in [-0.2, 0) is 6.54 Å². The monoisotopic (exact) mass is 395 g/mol. The number of Topliss-reactive ketones (excluding diaryl/α,β-unsaturated/α-hetero) is 1. The second-order valence-corrected chi connectivity index (χ2v) is 6.81. The Bertz CT molecular complexity index is 1130. The lowest BCUT2D eigenvalue weighted by Gasteiger charge is -2.24. The molecule has 3 aromatic carbocycles. The summed E-state index contributed by atoms with van der Waals surface area (Å²) in [7, 11) is 0. The SMILES string of the molecule is CC(=O)c1cccc(Nc2nncc(N(Cc3ccccc3)c3ccccc3)n2)c1. The van der Waals surface area contributed by atoms with Gasteiger partial charge in [-0.05, 0) is 36.8 Å². The summed E-state index contributed by atoms with van der Waals surface area (Å²) in [4.78, 5) is 18.4. The molecule has 0 unspecified atom stereocenters. The van der Waals surface area contributed by atoms with Gasteiger partial charge in [0.25, 0.3) is 0 Å². The van der Waals surface area contributed by atoms with Crippen LogP contribution in [0.1, 0.15) is 22.8 Å². The van der Waals surface area contributed by atoms with Crippen LogP contribution >= 0.6 is 0 Å². The first kappa shape index (κ1) is 19.3. The number of para-hydroxylation sites is 1. The number of ketones is 1. The molecule has 6 heteroatoms. The van der Waals surface area contributed by atoms with E-state index < -0.39 is 0 Å². The molecule has 0 aliphatic carbocycles. The van der Waals surface area contributed by atoms with Crippen LogP contribution in [0, 0.1) is 0 Å². The molecule has 30 heavy (non-hydrogen) atoms. The molecule has 4 rings (SSSR count). The van der Waals surface area contributed by atoms with Gasteiger partial charge in [0.2, 0.25) is 5.95 Å². The molecule has 0 spiro atoms.